The van der Waals surface area contributed by atoms with Gasteiger partial charge in [0, 0.05) is 54.6 Å². The zero-order valence-electron chi connectivity index (χ0n) is 22.4. The highest BCUT2D eigenvalue weighted by Crippen LogP contribution is 2.28. The fraction of sp³-hybridized carbons (Fsp3) is 0.219. The monoisotopic (exact) mass is 539 g/mol. The highest BCUT2D eigenvalue weighted by atomic mass is 19.1. The lowest BCUT2D eigenvalue weighted by molar-refractivity contribution is -0.114. The second-order valence-corrected chi connectivity index (χ2v) is 9.96. The van der Waals surface area contributed by atoms with E-state index in [9.17, 15) is 13.6 Å². The first-order valence-electron chi connectivity index (χ1n) is 13.2. The van der Waals surface area contributed by atoms with E-state index in [-0.39, 0.29) is 18.0 Å². The van der Waals surface area contributed by atoms with E-state index in [0.29, 0.717) is 31.2 Å². The molecule has 1 fully saturated rings. The van der Waals surface area contributed by atoms with E-state index < -0.39 is 6.30 Å². The van der Waals surface area contributed by atoms with Crippen LogP contribution < -0.4 is 10.2 Å². The van der Waals surface area contributed by atoms with Crippen molar-refractivity contribution < 1.29 is 13.6 Å². The third-order valence-electron chi connectivity index (χ3n) is 6.99. The second-order valence-electron chi connectivity index (χ2n) is 9.96. The molecule has 1 aliphatic heterocycles. The molecule has 1 unspecified atom stereocenters. The number of carbonyl (C=O) groups excluding carboxylic acids is 1. The standard InChI is InChI=1S/C32H31F2N5O/c1-3-29(40)18-23-7-4-9-24(15-23)31-25(16-22-8-5-10-26(33)17-22)20-35-32(37-31)36-27-11-6-12-28(19-27)39-14-13-38(2)30(34)21-39/h3-12,15,17,19-20,30H,1,13-14,16,18,21H2,2H3,(H,35,36,37). The SMILES string of the molecule is C=CC(=O)Cc1cccc(-c2nc(Nc3cccc(N4CCN(C)C(F)C4)c3)ncc2Cc2cccc(F)c2)c1. The van der Waals surface area contributed by atoms with E-state index in [1.165, 1.54) is 18.2 Å². The van der Waals surface area contributed by atoms with Crippen LogP contribution in [0.4, 0.5) is 26.1 Å². The van der Waals surface area contributed by atoms with Crippen LogP contribution in [0.5, 0.6) is 0 Å². The minimum atomic E-state index is -1.01. The van der Waals surface area contributed by atoms with Gasteiger partial charge in [-0.05, 0) is 60.6 Å². The summed E-state index contributed by atoms with van der Waals surface area (Å²) in [6.45, 7) is 5.26. The molecule has 8 heteroatoms. The van der Waals surface area contributed by atoms with Crippen molar-refractivity contribution in [2.75, 3.05) is 36.9 Å². The number of halogens is 2. The lowest BCUT2D eigenvalue weighted by atomic mass is 9.98. The summed E-state index contributed by atoms with van der Waals surface area (Å²) in [5.74, 6) is 0.0217. The van der Waals surface area contributed by atoms with E-state index in [0.717, 1.165) is 40.2 Å². The molecular weight excluding hydrogens is 508 g/mol. The predicted molar refractivity (Wildman–Crippen MR) is 155 cm³/mol. The predicted octanol–water partition coefficient (Wildman–Crippen LogP) is 5.96. The molecule has 6 nitrogen and oxygen atoms in total. The first kappa shape index (κ1) is 27.1. The minimum Gasteiger partial charge on any atom is -0.366 e. The molecular formula is C32H31F2N5O. The summed E-state index contributed by atoms with van der Waals surface area (Å²) < 4.78 is 28.2. The van der Waals surface area contributed by atoms with Gasteiger partial charge in [-0.2, -0.15) is 0 Å². The maximum absolute atomic E-state index is 14.3. The van der Waals surface area contributed by atoms with Crippen LogP contribution in [0.15, 0.2) is 91.6 Å². The van der Waals surface area contributed by atoms with Crippen molar-refractivity contribution in [3.05, 3.63) is 114 Å². The van der Waals surface area contributed by atoms with E-state index >= 15 is 0 Å². The molecule has 0 bridgehead atoms. The van der Waals surface area contributed by atoms with Gasteiger partial charge in [-0.15, -0.1) is 0 Å². The number of likely N-dealkylation sites (N-methyl/N-ethyl adjacent to an activating group) is 1. The molecule has 0 radical (unpaired) electrons. The smallest absolute Gasteiger partial charge is 0.227 e. The molecule has 1 saturated heterocycles. The molecule has 0 amide bonds. The van der Waals surface area contributed by atoms with E-state index in [1.807, 2.05) is 59.5 Å². The maximum atomic E-state index is 14.3. The summed E-state index contributed by atoms with van der Waals surface area (Å²) in [7, 11) is 1.79. The largest absolute Gasteiger partial charge is 0.366 e. The Morgan fingerprint density at radius 2 is 1.88 bits per heavy atom. The minimum absolute atomic E-state index is 0.0681. The Bertz CT molecular complexity index is 1520. The molecule has 1 atom stereocenters. The van der Waals surface area contributed by atoms with Gasteiger partial charge in [-0.25, -0.2) is 18.7 Å². The number of aromatic nitrogens is 2. The molecule has 1 aliphatic rings. The van der Waals surface area contributed by atoms with Crippen LogP contribution in [0.2, 0.25) is 0 Å². The average molecular weight is 540 g/mol. The third-order valence-corrected chi connectivity index (χ3v) is 6.99. The van der Waals surface area contributed by atoms with Crippen LogP contribution in [0, 0.1) is 5.82 Å². The maximum Gasteiger partial charge on any atom is 0.227 e. The summed E-state index contributed by atoms with van der Waals surface area (Å²) in [5.41, 5.74) is 5.68. The summed E-state index contributed by atoms with van der Waals surface area (Å²) in [4.78, 5) is 25.1. The number of nitrogens with zero attached hydrogens (tertiary/aromatic N) is 4. The molecule has 40 heavy (non-hydrogen) atoms. The molecule has 5 rings (SSSR count). The first-order chi connectivity index (χ1) is 19.4. The average Bonchev–Trinajstić information content (AvgIpc) is 2.95. The van der Waals surface area contributed by atoms with E-state index in [1.54, 1.807) is 24.2 Å². The Morgan fingerprint density at radius 1 is 1.07 bits per heavy atom. The summed E-state index contributed by atoms with van der Waals surface area (Å²) in [5, 5.41) is 3.29. The van der Waals surface area contributed by atoms with Crippen LogP contribution in [0.1, 0.15) is 16.7 Å². The normalized spacial score (nSPS) is 15.6. The number of benzene rings is 3. The highest BCUT2D eigenvalue weighted by molar-refractivity contribution is 5.91. The molecule has 3 aromatic carbocycles. The fourth-order valence-electron chi connectivity index (χ4n) is 4.79. The number of ketones is 1. The number of allylic oxidation sites excluding steroid dienone is 1. The van der Waals surface area contributed by atoms with Gasteiger partial charge in [0.15, 0.2) is 12.1 Å². The van der Waals surface area contributed by atoms with Gasteiger partial charge in [0.05, 0.1) is 12.2 Å². The van der Waals surface area contributed by atoms with Crippen molar-refractivity contribution in [3.63, 3.8) is 0 Å². The fourth-order valence-corrected chi connectivity index (χ4v) is 4.79. The van der Waals surface area contributed by atoms with E-state index in [4.69, 9.17) is 4.98 Å². The number of hydrogen-bond donors (Lipinski definition) is 1. The van der Waals surface area contributed by atoms with Crippen molar-refractivity contribution in [2.24, 2.45) is 0 Å². The summed E-state index contributed by atoms with van der Waals surface area (Å²) >= 11 is 0. The van der Waals surface area contributed by atoms with Crippen molar-refractivity contribution in [1.82, 2.24) is 14.9 Å². The van der Waals surface area contributed by atoms with Crippen LogP contribution in [-0.2, 0) is 17.6 Å². The molecule has 1 N–H and O–H groups in total. The van der Waals surface area contributed by atoms with E-state index in [2.05, 4.69) is 16.9 Å². The van der Waals surface area contributed by atoms with Gasteiger partial charge < -0.3 is 10.2 Å². The van der Waals surface area contributed by atoms with Crippen molar-refractivity contribution in [2.45, 2.75) is 19.1 Å². The number of hydrogen-bond acceptors (Lipinski definition) is 6. The van der Waals surface area contributed by atoms with Crippen molar-refractivity contribution in [3.8, 4) is 11.3 Å². The number of nitrogens with one attached hydrogen (secondary N) is 1. The zero-order chi connectivity index (χ0) is 28.1. The second kappa shape index (κ2) is 12.2. The number of alkyl halides is 1. The summed E-state index contributed by atoms with van der Waals surface area (Å²) in [6, 6.07) is 21.9. The zero-order valence-corrected chi connectivity index (χ0v) is 22.4. The molecule has 1 aromatic heterocycles. The number of carbonyl (C=O) groups is 1. The Hall–Kier alpha value is -4.43. The third kappa shape index (κ3) is 6.58. The van der Waals surface area contributed by atoms with Gasteiger partial charge in [0.2, 0.25) is 5.95 Å². The molecule has 0 spiro atoms. The van der Waals surface area contributed by atoms with Crippen LogP contribution in [-0.4, -0.2) is 53.6 Å². The molecule has 2 heterocycles. The van der Waals surface area contributed by atoms with Crippen molar-refractivity contribution in [1.29, 1.82) is 0 Å². The Morgan fingerprint density at radius 3 is 2.67 bits per heavy atom. The topological polar surface area (TPSA) is 61.4 Å². The number of piperazine rings is 1. The lowest BCUT2D eigenvalue weighted by Crippen LogP contribution is -2.49. The molecule has 0 saturated carbocycles. The van der Waals surface area contributed by atoms with Gasteiger partial charge in [-0.3, -0.25) is 9.69 Å². The number of rotatable bonds is 9. The Labute approximate surface area is 233 Å². The Balaban J connectivity index is 1.46. The van der Waals surface area contributed by atoms with Gasteiger partial charge in [-0.1, -0.05) is 43.0 Å². The van der Waals surface area contributed by atoms with Gasteiger partial charge in [0.25, 0.3) is 0 Å². The van der Waals surface area contributed by atoms with Crippen molar-refractivity contribution >= 4 is 23.1 Å². The Kier molecular flexibility index (Phi) is 8.26. The molecule has 0 aliphatic carbocycles. The van der Waals surface area contributed by atoms with Crippen LogP contribution in [0.3, 0.4) is 0 Å². The first-order valence-corrected chi connectivity index (χ1v) is 13.2. The molecule has 204 valence electrons. The molecule has 4 aromatic rings. The highest BCUT2D eigenvalue weighted by Gasteiger charge is 2.24. The summed E-state index contributed by atoms with van der Waals surface area (Å²) in [6.07, 6.45) is 2.73. The van der Waals surface area contributed by atoms with Gasteiger partial charge >= 0.3 is 0 Å². The quantitative estimate of drug-likeness (QED) is 0.209. The van der Waals surface area contributed by atoms with Crippen LogP contribution >= 0.6 is 0 Å². The van der Waals surface area contributed by atoms with Gasteiger partial charge in [0.1, 0.15) is 5.82 Å². The van der Waals surface area contributed by atoms with Crippen LogP contribution in [0.25, 0.3) is 11.3 Å². The lowest BCUT2D eigenvalue weighted by Gasteiger charge is -2.36. The number of anilines is 3.